The van der Waals surface area contributed by atoms with Gasteiger partial charge >= 0.3 is 0 Å². The van der Waals surface area contributed by atoms with E-state index in [1.54, 1.807) is 0 Å². The highest BCUT2D eigenvalue weighted by Crippen LogP contribution is 2.21. The van der Waals surface area contributed by atoms with E-state index in [0.717, 1.165) is 11.1 Å². The summed E-state index contributed by atoms with van der Waals surface area (Å²) < 4.78 is 25.3. The van der Waals surface area contributed by atoms with Crippen molar-refractivity contribution in [3.05, 3.63) is 29.3 Å². The van der Waals surface area contributed by atoms with Crippen molar-refractivity contribution in [1.82, 2.24) is 5.32 Å². The Morgan fingerprint density at radius 1 is 1.19 bits per heavy atom. The Balaban J connectivity index is 2.85. The molecule has 0 spiro atoms. The Bertz CT molecular complexity index is 577. The zero-order chi connectivity index (χ0) is 16.0. The molecular formula is C15H24N2O3S. The number of carbonyl (C=O) groups is 1. The lowest BCUT2D eigenvalue weighted by molar-refractivity contribution is -0.121. The highest BCUT2D eigenvalue weighted by molar-refractivity contribution is 7.92. The summed E-state index contributed by atoms with van der Waals surface area (Å²) in [5.41, 5.74) is 2.69. The zero-order valence-electron chi connectivity index (χ0n) is 13.1. The van der Waals surface area contributed by atoms with Crippen LogP contribution in [0.4, 0.5) is 5.69 Å². The molecule has 1 aromatic carbocycles. The van der Waals surface area contributed by atoms with Gasteiger partial charge in [-0.1, -0.05) is 6.07 Å². The van der Waals surface area contributed by atoms with Crippen LogP contribution in [-0.2, 0) is 14.8 Å². The number of nitrogens with zero attached hydrogens (tertiary/aromatic N) is 1. The van der Waals surface area contributed by atoms with Crippen molar-refractivity contribution in [3.63, 3.8) is 0 Å². The topological polar surface area (TPSA) is 66.5 Å². The molecular weight excluding hydrogens is 288 g/mol. The predicted octanol–water partition coefficient (Wildman–Crippen LogP) is 1.99. The first-order chi connectivity index (χ1) is 9.74. The fraction of sp³-hybridized carbons (Fsp3) is 0.533. The van der Waals surface area contributed by atoms with Crippen LogP contribution in [0.5, 0.6) is 0 Å². The van der Waals surface area contributed by atoms with Gasteiger partial charge in [0.25, 0.3) is 0 Å². The summed E-state index contributed by atoms with van der Waals surface area (Å²) in [6.07, 6.45) is 2.01. The molecule has 5 nitrogen and oxygen atoms in total. The van der Waals surface area contributed by atoms with Gasteiger partial charge in [-0.05, 0) is 50.5 Å². The van der Waals surface area contributed by atoms with Crippen LogP contribution < -0.4 is 9.62 Å². The standard InChI is InChI=1S/C15H24N2O3S/c1-5-16-15(18)7-6-8-17(21(4,19)20)14-10-12(2)9-13(3)11-14/h9-11H,5-8H2,1-4H3,(H,16,18). The van der Waals surface area contributed by atoms with Crippen LogP contribution in [0, 0.1) is 13.8 Å². The number of anilines is 1. The lowest BCUT2D eigenvalue weighted by Crippen LogP contribution is -2.32. The number of hydrogen-bond donors (Lipinski definition) is 1. The summed E-state index contributed by atoms with van der Waals surface area (Å²) in [6, 6.07) is 5.69. The molecule has 0 heterocycles. The smallest absolute Gasteiger partial charge is 0.232 e. The van der Waals surface area contributed by atoms with Gasteiger partial charge in [0.05, 0.1) is 11.9 Å². The van der Waals surface area contributed by atoms with Crippen LogP contribution in [-0.4, -0.2) is 33.7 Å². The van der Waals surface area contributed by atoms with E-state index in [1.807, 2.05) is 39.0 Å². The number of carbonyl (C=O) groups excluding carboxylic acids is 1. The fourth-order valence-electron chi connectivity index (χ4n) is 2.25. The average molecular weight is 312 g/mol. The van der Waals surface area contributed by atoms with E-state index in [0.29, 0.717) is 31.6 Å². The van der Waals surface area contributed by atoms with Gasteiger partial charge < -0.3 is 5.32 Å². The molecule has 0 saturated carbocycles. The Hall–Kier alpha value is -1.56. The van der Waals surface area contributed by atoms with E-state index < -0.39 is 10.0 Å². The molecule has 118 valence electrons. The minimum atomic E-state index is -3.36. The maximum absolute atomic E-state index is 12.0. The number of aryl methyl sites for hydroxylation is 2. The molecule has 21 heavy (non-hydrogen) atoms. The predicted molar refractivity (Wildman–Crippen MR) is 86.0 cm³/mol. The van der Waals surface area contributed by atoms with Crippen molar-refractivity contribution in [2.24, 2.45) is 0 Å². The molecule has 1 amide bonds. The Labute approximate surface area is 127 Å². The van der Waals surface area contributed by atoms with E-state index >= 15 is 0 Å². The number of nitrogens with one attached hydrogen (secondary N) is 1. The van der Waals surface area contributed by atoms with Crippen molar-refractivity contribution in [2.45, 2.75) is 33.6 Å². The van der Waals surface area contributed by atoms with Gasteiger partial charge in [0.2, 0.25) is 15.9 Å². The zero-order valence-corrected chi connectivity index (χ0v) is 14.0. The second kappa shape index (κ2) is 7.45. The first-order valence-electron chi connectivity index (χ1n) is 7.06. The van der Waals surface area contributed by atoms with Gasteiger partial charge in [-0.3, -0.25) is 9.10 Å². The van der Waals surface area contributed by atoms with Crippen molar-refractivity contribution in [2.75, 3.05) is 23.7 Å². The largest absolute Gasteiger partial charge is 0.356 e. The molecule has 0 aliphatic heterocycles. The van der Waals surface area contributed by atoms with Gasteiger partial charge in [0.15, 0.2) is 0 Å². The lowest BCUT2D eigenvalue weighted by atomic mass is 10.1. The van der Waals surface area contributed by atoms with Gasteiger partial charge in [-0.25, -0.2) is 8.42 Å². The minimum absolute atomic E-state index is 0.0497. The van der Waals surface area contributed by atoms with Crippen molar-refractivity contribution < 1.29 is 13.2 Å². The normalized spacial score (nSPS) is 11.2. The van der Waals surface area contributed by atoms with Crippen LogP contribution >= 0.6 is 0 Å². The molecule has 1 N–H and O–H groups in total. The van der Waals surface area contributed by atoms with Crippen molar-refractivity contribution in [1.29, 1.82) is 0 Å². The third kappa shape index (κ3) is 5.75. The number of amides is 1. The molecule has 0 fully saturated rings. The molecule has 0 saturated heterocycles. The number of hydrogen-bond acceptors (Lipinski definition) is 3. The SMILES string of the molecule is CCNC(=O)CCCN(c1cc(C)cc(C)c1)S(C)(=O)=O. The molecule has 0 aliphatic rings. The summed E-state index contributed by atoms with van der Waals surface area (Å²) in [4.78, 5) is 11.4. The summed E-state index contributed by atoms with van der Waals surface area (Å²) in [5.74, 6) is -0.0497. The first-order valence-corrected chi connectivity index (χ1v) is 8.91. The third-order valence-electron chi connectivity index (χ3n) is 3.03. The number of benzene rings is 1. The Kier molecular flexibility index (Phi) is 6.20. The molecule has 0 bridgehead atoms. The second-order valence-corrected chi connectivity index (χ2v) is 7.14. The van der Waals surface area contributed by atoms with Crippen molar-refractivity contribution >= 4 is 21.6 Å². The Morgan fingerprint density at radius 2 is 1.76 bits per heavy atom. The molecule has 0 aliphatic carbocycles. The summed E-state index contributed by atoms with van der Waals surface area (Å²) >= 11 is 0. The molecule has 0 unspecified atom stereocenters. The number of rotatable bonds is 7. The third-order valence-corrected chi connectivity index (χ3v) is 4.23. The average Bonchev–Trinajstić information content (AvgIpc) is 2.32. The van der Waals surface area contributed by atoms with E-state index in [-0.39, 0.29) is 5.91 Å². The molecule has 0 atom stereocenters. The molecule has 6 heteroatoms. The molecule has 0 radical (unpaired) electrons. The maximum atomic E-state index is 12.0. The number of sulfonamides is 1. The van der Waals surface area contributed by atoms with Gasteiger partial charge in [-0.2, -0.15) is 0 Å². The quantitative estimate of drug-likeness (QED) is 0.837. The van der Waals surface area contributed by atoms with Crippen molar-refractivity contribution in [3.8, 4) is 0 Å². The second-order valence-electron chi connectivity index (χ2n) is 5.24. The van der Waals surface area contributed by atoms with E-state index in [1.165, 1.54) is 10.6 Å². The highest BCUT2D eigenvalue weighted by atomic mass is 32.2. The van der Waals surface area contributed by atoms with Gasteiger partial charge in [0.1, 0.15) is 0 Å². The first kappa shape index (κ1) is 17.5. The van der Waals surface area contributed by atoms with E-state index in [9.17, 15) is 13.2 Å². The minimum Gasteiger partial charge on any atom is -0.356 e. The Morgan fingerprint density at radius 3 is 2.24 bits per heavy atom. The molecule has 1 aromatic rings. The van der Waals surface area contributed by atoms with Crippen LogP contribution in [0.15, 0.2) is 18.2 Å². The fourth-order valence-corrected chi connectivity index (χ4v) is 3.20. The summed E-state index contributed by atoms with van der Waals surface area (Å²) in [5, 5.41) is 2.71. The monoisotopic (exact) mass is 312 g/mol. The molecule has 1 rings (SSSR count). The van der Waals surface area contributed by atoms with Crippen LogP contribution in [0.2, 0.25) is 0 Å². The van der Waals surface area contributed by atoms with Gasteiger partial charge in [-0.15, -0.1) is 0 Å². The van der Waals surface area contributed by atoms with Gasteiger partial charge in [0, 0.05) is 19.5 Å². The maximum Gasteiger partial charge on any atom is 0.232 e. The van der Waals surface area contributed by atoms with Crippen LogP contribution in [0.25, 0.3) is 0 Å². The molecule has 0 aromatic heterocycles. The van der Waals surface area contributed by atoms with E-state index in [4.69, 9.17) is 0 Å². The lowest BCUT2D eigenvalue weighted by Gasteiger charge is -2.23. The summed E-state index contributed by atoms with van der Waals surface area (Å²) in [7, 11) is -3.36. The highest BCUT2D eigenvalue weighted by Gasteiger charge is 2.18. The summed E-state index contributed by atoms with van der Waals surface area (Å²) in [6.45, 7) is 6.62. The van der Waals surface area contributed by atoms with Crippen LogP contribution in [0.1, 0.15) is 30.9 Å². The van der Waals surface area contributed by atoms with Crippen LogP contribution in [0.3, 0.4) is 0 Å². The van der Waals surface area contributed by atoms with E-state index in [2.05, 4.69) is 5.32 Å².